The Hall–Kier alpha value is -1.07. The summed E-state index contributed by atoms with van der Waals surface area (Å²) in [4.78, 5) is 0.349. The van der Waals surface area contributed by atoms with Gasteiger partial charge in [-0.25, -0.2) is 8.42 Å². The molecule has 112 valence electrons. The fourth-order valence-electron chi connectivity index (χ4n) is 2.87. The molecule has 0 unspecified atom stereocenters. The second kappa shape index (κ2) is 6.14. The predicted molar refractivity (Wildman–Crippen MR) is 79.4 cm³/mol. The first-order valence-electron chi connectivity index (χ1n) is 7.23. The van der Waals surface area contributed by atoms with E-state index in [0.29, 0.717) is 17.3 Å². The first-order chi connectivity index (χ1) is 9.46. The number of sulfonamides is 1. The Morgan fingerprint density at radius 3 is 2.20 bits per heavy atom. The van der Waals surface area contributed by atoms with Gasteiger partial charge in [-0.15, -0.1) is 0 Å². The Balaban J connectivity index is 2.29. The second-order valence-corrected chi connectivity index (χ2v) is 7.21. The molecule has 0 radical (unpaired) electrons. The first-order valence-corrected chi connectivity index (χ1v) is 8.67. The smallest absolute Gasteiger partial charge is 0.243 e. The summed E-state index contributed by atoms with van der Waals surface area (Å²) in [5.41, 5.74) is 0. The molecule has 5 heteroatoms. The van der Waals surface area contributed by atoms with Crippen LogP contribution in [0.25, 0.3) is 0 Å². The normalized spacial score (nSPS) is 24.6. The summed E-state index contributed by atoms with van der Waals surface area (Å²) in [7, 11) is -3.41. The molecular formula is C15H23NO3S. The molecule has 1 aromatic carbocycles. The Morgan fingerprint density at radius 1 is 1.15 bits per heavy atom. The lowest BCUT2D eigenvalue weighted by Gasteiger charge is -2.37. The monoisotopic (exact) mass is 297 g/mol. The number of nitrogens with zero attached hydrogens (tertiary/aromatic N) is 1. The van der Waals surface area contributed by atoms with Gasteiger partial charge in [0.05, 0.1) is 11.5 Å². The standard InChI is InChI=1S/C15H23NO3S/c1-4-19-14-8-10-15(11-9-14)20(17,18)16-12(2)6-5-7-13(16)3/h8-13H,4-7H2,1-3H3/t12-,13+. The van der Waals surface area contributed by atoms with E-state index in [2.05, 4.69) is 0 Å². The second-order valence-electron chi connectivity index (χ2n) is 5.37. The molecule has 4 nitrogen and oxygen atoms in total. The van der Waals surface area contributed by atoms with Crippen molar-refractivity contribution in [3.63, 3.8) is 0 Å². The topological polar surface area (TPSA) is 46.6 Å². The van der Waals surface area contributed by atoms with Crippen LogP contribution < -0.4 is 4.74 Å². The van der Waals surface area contributed by atoms with Gasteiger partial charge < -0.3 is 4.74 Å². The highest BCUT2D eigenvalue weighted by molar-refractivity contribution is 7.89. The van der Waals surface area contributed by atoms with Gasteiger partial charge in [0.1, 0.15) is 5.75 Å². The van der Waals surface area contributed by atoms with Gasteiger partial charge in [-0.1, -0.05) is 6.42 Å². The summed E-state index contributed by atoms with van der Waals surface area (Å²) in [5.74, 6) is 0.700. The molecule has 0 aromatic heterocycles. The van der Waals surface area contributed by atoms with E-state index >= 15 is 0 Å². The predicted octanol–water partition coefficient (Wildman–Crippen LogP) is 3.04. The maximum absolute atomic E-state index is 12.8. The number of hydrogen-bond acceptors (Lipinski definition) is 3. The summed E-state index contributed by atoms with van der Waals surface area (Å²) in [6.45, 7) is 6.46. The fraction of sp³-hybridized carbons (Fsp3) is 0.600. The van der Waals surface area contributed by atoms with E-state index < -0.39 is 10.0 Å². The molecule has 0 N–H and O–H groups in total. The largest absolute Gasteiger partial charge is 0.494 e. The van der Waals surface area contributed by atoms with Crippen LogP contribution in [-0.4, -0.2) is 31.4 Å². The maximum atomic E-state index is 12.8. The molecule has 0 aliphatic carbocycles. The van der Waals surface area contributed by atoms with E-state index in [4.69, 9.17) is 4.74 Å². The zero-order valence-corrected chi connectivity index (χ0v) is 13.2. The molecule has 0 saturated carbocycles. The van der Waals surface area contributed by atoms with Crippen LogP contribution in [0, 0.1) is 0 Å². The van der Waals surface area contributed by atoms with Gasteiger partial charge in [0, 0.05) is 12.1 Å². The van der Waals surface area contributed by atoms with Crippen molar-refractivity contribution in [2.24, 2.45) is 0 Å². The van der Waals surface area contributed by atoms with E-state index in [1.165, 1.54) is 0 Å². The lowest BCUT2D eigenvalue weighted by molar-refractivity contribution is 0.204. The van der Waals surface area contributed by atoms with Crippen LogP contribution in [0.15, 0.2) is 29.2 Å². The Labute approximate surface area is 121 Å². The van der Waals surface area contributed by atoms with Crippen molar-refractivity contribution < 1.29 is 13.2 Å². The summed E-state index contributed by atoms with van der Waals surface area (Å²) >= 11 is 0. The molecule has 1 aliphatic rings. The molecule has 2 atom stereocenters. The van der Waals surface area contributed by atoms with Gasteiger partial charge >= 0.3 is 0 Å². The van der Waals surface area contributed by atoms with Gasteiger partial charge in [0.2, 0.25) is 10.0 Å². The lowest BCUT2D eigenvalue weighted by atomic mass is 10.0. The maximum Gasteiger partial charge on any atom is 0.243 e. The highest BCUT2D eigenvalue weighted by atomic mass is 32.2. The van der Waals surface area contributed by atoms with E-state index in [1.54, 1.807) is 28.6 Å². The lowest BCUT2D eigenvalue weighted by Crippen LogP contribution is -2.47. The van der Waals surface area contributed by atoms with Crippen molar-refractivity contribution in [1.82, 2.24) is 4.31 Å². The minimum Gasteiger partial charge on any atom is -0.494 e. The van der Waals surface area contributed by atoms with Crippen molar-refractivity contribution in [3.05, 3.63) is 24.3 Å². The molecule has 1 heterocycles. The number of hydrogen-bond donors (Lipinski definition) is 0. The Bertz CT molecular complexity index is 529. The summed E-state index contributed by atoms with van der Waals surface area (Å²) in [5, 5.41) is 0. The van der Waals surface area contributed by atoms with Crippen LogP contribution in [0.4, 0.5) is 0 Å². The molecular weight excluding hydrogens is 274 g/mol. The Kier molecular flexibility index (Phi) is 4.70. The zero-order valence-electron chi connectivity index (χ0n) is 12.4. The van der Waals surface area contributed by atoms with Crippen LogP contribution in [0.3, 0.4) is 0 Å². The van der Waals surface area contributed by atoms with Crippen molar-refractivity contribution in [1.29, 1.82) is 0 Å². The van der Waals surface area contributed by atoms with Crippen LogP contribution in [-0.2, 0) is 10.0 Å². The van der Waals surface area contributed by atoms with E-state index in [0.717, 1.165) is 19.3 Å². The molecule has 2 rings (SSSR count). The van der Waals surface area contributed by atoms with Gasteiger partial charge in [-0.05, 0) is 57.9 Å². The molecule has 1 saturated heterocycles. The minimum atomic E-state index is -3.41. The number of piperidine rings is 1. The third kappa shape index (κ3) is 2.99. The molecule has 0 spiro atoms. The zero-order chi connectivity index (χ0) is 14.8. The Morgan fingerprint density at radius 2 is 1.70 bits per heavy atom. The highest BCUT2D eigenvalue weighted by Crippen LogP contribution is 2.30. The van der Waals surface area contributed by atoms with Crippen molar-refractivity contribution in [2.45, 2.75) is 57.0 Å². The van der Waals surface area contributed by atoms with Crippen molar-refractivity contribution >= 4 is 10.0 Å². The first kappa shape index (κ1) is 15.3. The van der Waals surface area contributed by atoms with Crippen molar-refractivity contribution in [3.8, 4) is 5.75 Å². The molecule has 1 fully saturated rings. The summed E-state index contributed by atoms with van der Waals surface area (Å²) in [6.07, 6.45) is 2.96. The van der Waals surface area contributed by atoms with Gasteiger partial charge in [-0.3, -0.25) is 0 Å². The molecule has 0 amide bonds. The number of benzene rings is 1. The van der Waals surface area contributed by atoms with Crippen LogP contribution in [0.5, 0.6) is 5.75 Å². The highest BCUT2D eigenvalue weighted by Gasteiger charge is 2.35. The molecule has 1 aliphatic heterocycles. The average Bonchev–Trinajstić information content (AvgIpc) is 2.39. The molecule has 0 bridgehead atoms. The van der Waals surface area contributed by atoms with Gasteiger partial charge in [0.15, 0.2) is 0 Å². The van der Waals surface area contributed by atoms with Crippen LogP contribution >= 0.6 is 0 Å². The number of ether oxygens (including phenoxy) is 1. The fourth-order valence-corrected chi connectivity index (χ4v) is 4.75. The third-order valence-corrected chi connectivity index (χ3v) is 5.97. The summed E-state index contributed by atoms with van der Waals surface area (Å²) < 4.78 is 32.5. The average molecular weight is 297 g/mol. The van der Waals surface area contributed by atoms with Crippen molar-refractivity contribution in [2.75, 3.05) is 6.61 Å². The quantitative estimate of drug-likeness (QED) is 0.858. The van der Waals surface area contributed by atoms with E-state index in [9.17, 15) is 8.42 Å². The minimum absolute atomic E-state index is 0.0651. The third-order valence-electron chi connectivity index (χ3n) is 3.82. The molecule has 1 aromatic rings. The van der Waals surface area contributed by atoms with Gasteiger partial charge in [0.25, 0.3) is 0 Å². The summed E-state index contributed by atoms with van der Waals surface area (Å²) in [6, 6.07) is 6.83. The van der Waals surface area contributed by atoms with Crippen LogP contribution in [0.2, 0.25) is 0 Å². The molecule has 20 heavy (non-hydrogen) atoms. The number of rotatable bonds is 4. The van der Waals surface area contributed by atoms with E-state index in [-0.39, 0.29) is 12.1 Å². The van der Waals surface area contributed by atoms with E-state index in [1.807, 2.05) is 20.8 Å². The van der Waals surface area contributed by atoms with Gasteiger partial charge in [-0.2, -0.15) is 4.31 Å². The SMILES string of the molecule is CCOc1ccc(S(=O)(=O)N2[C@H](C)CCC[C@@H]2C)cc1. The van der Waals surface area contributed by atoms with Crippen LogP contribution in [0.1, 0.15) is 40.0 Å².